The highest BCUT2D eigenvalue weighted by Crippen LogP contribution is 2.25. The maximum atomic E-state index is 13.1. The number of likely N-dealkylation sites (tertiary alicyclic amines) is 2. The lowest BCUT2D eigenvalue weighted by atomic mass is 10.0. The third-order valence-corrected chi connectivity index (χ3v) is 5.86. The molecule has 0 spiro atoms. The normalized spacial score (nSPS) is 24.7. The second kappa shape index (κ2) is 8.23. The van der Waals surface area contributed by atoms with Gasteiger partial charge in [0.2, 0.25) is 11.8 Å². The van der Waals surface area contributed by atoms with Crippen LogP contribution < -0.4 is 0 Å². The van der Waals surface area contributed by atoms with Crippen LogP contribution >= 0.6 is 11.8 Å². The first-order valence-corrected chi connectivity index (χ1v) is 9.79. The van der Waals surface area contributed by atoms with E-state index in [-0.39, 0.29) is 23.8 Å². The minimum absolute atomic E-state index is 0.154. The molecule has 22 heavy (non-hydrogen) atoms. The summed E-state index contributed by atoms with van der Waals surface area (Å²) in [5.41, 5.74) is 0. The molecule has 2 fully saturated rings. The summed E-state index contributed by atoms with van der Waals surface area (Å²) in [6.07, 6.45) is 4.99. The summed E-state index contributed by atoms with van der Waals surface area (Å²) >= 11 is 1.97. The molecule has 2 amide bonds. The molecule has 0 aromatic heterocycles. The lowest BCUT2D eigenvalue weighted by Crippen LogP contribution is -2.52. The van der Waals surface area contributed by atoms with Gasteiger partial charge < -0.3 is 9.80 Å². The molecule has 2 atom stereocenters. The standard InChI is InChI=1S/C17H30N2O2S/c1-4-22-14-8-5-6-10-18(12-14)17(21)16(13(2)3)19-11-7-9-15(19)20/h13-14,16H,4-12H2,1-3H3. The predicted molar refractivity (Wildman–Crippen MR) is 91.9 cm³/mol. The van der Waals surface area contributed by atoms with Gasteiger partial charge in [-0.25, -0.2) is 0 Å². The minimum Gasteiger partial charge on any atom is -0.340 e. The molecule has 0 N–H and O–H groups in total. The van der Waals surface area contributed by atoms with Crippen molar-refractivity contribution in [3.8, 4) is 0 Å². The zero-order chi connectivity index (χ0) is 16.1. The van der Waals surface area contributed by atoms with Crippen LogP contribution in [-0.2, 0) is 9.59 Å². The van der Waals surface area contributed by atoms with E-state index in [1.54, 1.807) is 0 Å². The monoisotopic (exact) mass is 326 g/mol. The first-order valence-electron chi connectivity index (χ1n) is 8.74. The van der Waals surface area contributed by atoms with Gasteiger partial charge >= 0.3 is 0 Å². The van der Waals surface area contributed by atoms with Gasteiger partial charge in [-0.2, -0.15) is 11.8 Å². The number of hydrogen-bond donors (Lipinski definition) is 0. The number of nitrogens with zero attached hydrogens (tertiary/aromatic N) is 2. The smallest absolute Gasteiger partial charge is 0.245 e. The molecule has 5 heteroatoms. The number of amides is 2. The second-order valence-electron chi connectivity index (χ2n) is 6.74. The molecule has 0 radical (unpaired) electrons. The fourth-order valence-corrected chi connectivity index (χ4v) is 4.69. The van der Waals surface area contributed by atoms with E-state index in [1.165, 1.54) is 12.8 Å². The van der Waals surface area contributed by atoms with E-state index < -0.39 is 0 Å². The number of hydrogen-bond acceptors (Lipinski definition) is 3. The van der Waals surface area contributed by atoms with Crippen LogP contribution in [0.4, 0.5) is 0 Å². The number of rotatable bonds is 5. The molecule has 2 aliphatic heterocycles. The third-order valence-electron chi connectivity index (χ3n) is 4.67. The average Bonchev–Trinajstić information content (AvgIpc) is 2.75. The quantitative estimate of drug-likeness (QED) is 0.780. The van der Waals surface area contributed by atoms with Crippen LogP contribution in [0.1, 0.15) is 52.9 Å². The Hall–Kier alpha value is -0.710. The molecule has 2 aliphatic rings. The highest BCUT2D eigenvalue weighted by Gasteiger charge is 2.37. The molecule has 2 saturated heterocycles. The van der Waals surface area contributed by atoms with Crippen LogP contribution in [0, 0.1) is 5.92 Å². The van der Waals surface area contributed by atoms with Gasteiger partial charge in [0.1, 0.15) is 6.04 Å². The van der Waals surface area contributed by atoms with Gasteiger partial charge in [-0.3, -0.25) is 9.59 Å². The third kappa shape index (κ3) is 4.18. The van der Waals surface area contributed by atoms with Crippen molar-refractivity contribution in [2.75, 3.05) is 25.4 Å². The molecule has 0 aromatic carbocycles. The van der Waals surface area contributed by atoms with E-state index in [0.29, 0.717) is 11.7 Å². The predicted octanol–water partition coefficient (Wildman–Crippen LogP) is 2.77. The highest BCUT2D eigenvalue weighted by molar-refractivity contribution is 7.99. The second-order valence-corrected chi connectivity index (χ2v) is 8.31. The summed E-state index contributed by atoms with van der Waals surface area (Å²) in [5, 5.41) is 0.554. The fourth-order valence-electron chi connectivity index (χ4n) is 3.60. The van der Waals surface area contributed by atoms with Gasteiger partial charge in [-0.15, -0.1) is 0 Å². The molecule has 4 nitrogen and oxygen atoms in total. The van der Waals surface area contributed by atoms with Crippen LogP contribution in [0.5, 0.6) is 0 Å². The van der Waals surface area contributed by atoms with Crippen LogP contribution in [-0.4, -0.2) is 58.3 Å². The zero-order valence-electron chi connectivity index (χ0n) is 14.2. The summed E-state index contributed by atoms with van der Waals surface area (Å²) in [6.45, 7) is 8.75. The molecule has 2 heterocycles. The lowest BCUT2D eigenvalue weighted by molar-refractivity contribution is -0.145. The van der Waals surface area contributed by atoms with Crippen molar-refractivity contribution >= 4 is 23.6 Å². The van der Waals surface area contributed by atoms with Gasteiger partial charge in [0.25, 0.3) is 0 Å². The van der Waals surface area contributed by atoms with Crippen molar-refractivity contribution in [2.24, 2.45) is 5.92 Å². The van der Waals surface area contributed by atoms with E-state index in [0.717, 1.165) is 38.2 Å². The zero-order valence-corrected chi connectivity index (χ0v) is 15.0. The first-order chi connectivity index (χ1) is 10.5. The summed E-state index contributed by atoms with van der Waals surface area (Å²) in [6, 6.07) is -0.264. The number of carbonyl (C=O) groups excluding carboxylic acids is 2. The van der Waals surface area contributed by atoms with Crippen molar-refractivity contribution in [3.63, 3.8) is 0 Å². The molecule has 0 aromatic rings. The van der Waals surface area contributed by atoms with E-state index in [4.69, 9.17) is 0 Å². The van der Waals surface area contributed by atoms with Gasteiger partial charge in [0, 0.05) is 31.3 Å². The number of carbonyl (C=O) groups is 2. The van der Waals surface area contributed by atoms with E-state index in [1.807, 2.05) is 21.6 Å². The maximum Gasteiger partial charge on any atom is 0.245 e. The highest BCUT2D eigenvalue weighted by atomic mass is 32.2. The molecule has 0 bridgehead atoms. The molecule has 2 unspecified atom stereocenters. The van der Waals surface area contributed by atoms with Crippen molar-refractivity contribution in [1.29, 1.82) is 0 Å². The van der Waals surface area contributed by atoms with Gasteiger partial charge in [0.15, 0.2) is 0 Å². The summed E-state index contributed by atoms with van der Waals surface area (Å²) in [5.74, 6) is 1.61. The van der Waals surface area contributed by atoms with Gasteiger partial charge in [0.05, 0.1) is 0 Å². The molecule has 126 valence electrons. The molecular weight excluding hydrogens is 296 g/mol. The van der Waals surface area contributed by atoms with E-state index in [9.17, 15) is 9.59 Å². The average molecular weight is 327 g/mol. The largest absolute Gasteiger partial charge is 0.340 e. The Morgan fingerprint density at radius 2 is 2.05 bits per heavy atom. The van der Waals surface area contributed by atoms with Crippen LogP contribution in [0.25, 0.3) is 0 Å². The first kappa shape index (κ1) is 17.6. The topological polar surface area (TPSA) is 40.6 Å². The fraction of sp³-hybridized carbons (Fsp3) is 0.882. The van der Waals surface area contributed by atoms with Crippen molar-refractivity contribution in [2.45, 2.75) is 64.2 Å². The Bertz CT molecular complexity index is 400. The van der Waals surface area contributed by atoms with Crippen LogP contribution in [0.2, 0.25) is 0 Å². The number of thioether (sulfide) groups is 1. The van der Waals surface area contributed by atoms with Crippen molar-refractivity contribution < 1.29 is 9.59 Å². The van der Waals surface area contributed by atoms with Crippen LogP contribution in [0.15, 0.2) is 0 Å². The van der Waals surface area contributed by atoms with E-state index in [2.05, 4.69) is 20.8 Å². The maximum absolute atomic E-state index is 13.1. The van der Waals surface area contributed by atoms with Gasteiger partial charge in [-0.1, -0.05) is 27.2 Å². The summed E-state index contributed by atoms with van der Waals surface area (Å²) < 4.78 is 0. The Morgan fingerprint density at radius 1 is 1.27 bits per heavy atom. The lowest BCUT2D eigenvalue weighted by Gasteiger charge is -2.35. The Labute approximate surface area is 139 Å². The van der Waals surface area contributed by atoms with Crippen LogP contribution in [0.3, 0.4) is 0 Å². The summed E-state index contributed by atoms with van der Waals surface area (Å²) in [4.78, 5) is 29.1. The Morgan fingerprint density at radius 3 is 2.64 bits per heavy atom. The Balaban J connectivity index is 2.09. The minimum atomic E-state index is -0.264. The molecule has 2 rings (SSSR count). The summed E-state index contributed by atoms with van der Waals surface area (Å²) in [7, 11) is 0. The van der Waals surface area contributed by atoms with Gasteiger partial charge in [-0.05, 0) is 30.9 Å². The van der Waals surface area contributed by atoms with E-state index >= 15 is 0 Å². The van der Waals surface area contributed by atoms with Crippen molar-refractivity contribution in [1.82, 2.24) is 9.80 Å². The van der Waals surface area contributed by atoms with Crippen molar-refractivity contribution in [3.05, 3.63) is 0 Å². The molecular formula is C17H30N2O2S. The SMILES string of the molecule is CCSC1CCCCN(C(=O)C(C(C)C)N2CCCC2=O)C1. The molecule has 0 aliphatic carbocycles. The Kier molecular flexibility index (Phi) is 6.60. The molecule has 0 saturated carbocycles.